The van der Waals surface area contributed by atoms with Crippen molar-refractivity contribution >= 4 is 122 Å². The van der Waals surface area contributed by atoms with Crippen molar-refractivity contribution in [2.45, 2.75) is 113 Å². The van der Waals surface area contributed by atoms with E-state index in [9.17, 15) is 35.1 Å². The second-order valence-electron chi connectivity index (χ2n) is 33.3. The number of amidine groups is 1. The van der Waals surface area contributed by atoms with Gasteiger partial charge < -0.3 is 66.0 Å². The third-order valence-electron chi connectivity index (χ3n) is 23.6. The molecule has 700 valence electrons. The molecule has 135 heavy (non-hydrogen) atoms. The predicted octanol–water partition coefficient (Wildman–Crippen LogP) is 15.7. The number of hydrogen-bond donors (Lipinski definition) is 8. The molecule has 20 rings (SSSR count). The molecule has 0 atom stereocenters. The lowest BCUT2D eigenvalue weighted by Gasteiger charge is -2.29. The van der Waals surface area contributed by atoms with Crippen LogP contribution in [-0.4, -0.2) is 184 Å². The molecule has 0 radical (unpaired) electrons. The molecule has 0 saturated carbocycles. The van der Waals surface area contributed by atoms with Gasteiger partial charge in [0.2, 0.25) is 23.8 Å². The maximum Gasteiger partial charge on any atom is 0.229 e. The fourth-order valence-electron chi connectivity index (χ4n) is 16.7. The molecule has 0 spiro atoms. The summed E-state index contributed by atoms with van der Waals surface area (Å²) in [6, 6.07) is 27.2. The van der Waals surface area contributed by atoms with Gasteiger partial charge in [0, 0.05) is 163 Å². The Morgan fingerprint density at radius 1 is 0.437 bits per heavy atom. The maximum atomic E-state index is 14.9. The number of aromatic nitrogens is 20. The van der Waals surface area contributed by atoms with E-state index >= 15 is 0 Å². The number of fused-ring (bicyclic) bond motifs is 8. The number of pyridine rings is 4. The van der Waals surface area contributed by atoms with Gasteiger partial charge in [0.1, 0.15) is 91.4 Å². The normalized spacial score (nSPS) is 13.7. The van der Waals surface area contributed by atoms with Gasteiger partial charge in [-0.25, -0.2) is 115 Å². The SMILES string of the molecule is CCn1c(C)nc2c(F)cc(-c3nc(Nc4ccc5c(n4)CCNC5)ncc3F)cc21.Cc1nc2c(F)cc(-c3nc(Nc4ccc5c(n4)CCN(CC(N)=NO)C5)ncc3F)cc2n1C(C)C.Cc1nc2c(F)cc(-c3nc(Nc4ccc5c(n4)CCN(CCN(C)C)C5)ncc3F)cc2n1C.Cc1nc2c(F)cc(-c3nc(Nc4ccc5c(n4)CCNC5)ncc3F)cc2n1C.Cl.Cl. The lowest BCUT2D eigenvalue weighted by molar-refractivity contribution is 0.224. The Morgan fingerprint density at radius 3 is 1.16 bits per heavy atom. The zero-order valence-electron chi connectivity index (χ0n) is 75.5. The molecule has 16 aromatic rings. The van der Waals surface area contributed by atoms with Crippen LogP contribution in [0.5, 0.6) is 0 Å². The van der Waals surface area contributed by atoms with Crippen molar-refractivity contribution < 1.29 is 40.3 Å². The molecule has 0 bridgehead atoms. The van der Waals surface area contributed by atoms with E-state index in [1.165, 1.54) is 29.8 Å². The topological polar surface area (TPSA) is 366 Å². The number of oxime groups is 1. The number of halogens is 10. The summed E-state index contributed by atoms with van der Waals surface area (Å²) in [6.45, 7) is 22.6. The van der Waals surface area contributed by atoms with E-state index in [0.717, 1.165) is 136 Å². The fraction of sp³-hybridized carbons (Fsp3) is 0.301. The van der Waals surface area contributed by atoms with Crippen molar-refractivity contribution in [1.29, 1.82) is 0 Å². The average molecular weight is 1890 g/mol. The number of nitrogens with two attached hydrogens (primary N) is 1. The zero-order chi connectivity index (χ0) is 93.3. The summed E-state index contributed by atoms with van der Waals surface area (Å²) >= 11 is 0. The number of aryl methyl sites for hydroxylation is 7. The van der Waals surface area contributed by atoms with Crippen LogP contribution < -0.4 is 37.6 Å². The third-order valence-corrected chi connectivity index (χ3v) is 23.6. The summed E-state index contributed by atoms with van der Waals surface area (Å²) in [5.74, 6) is 1.18. The predicted molar refractivity (Wildman–Crippen MR) is 505 cm³/mol. The lowest BCUT2D eigenvalue weighted by atomic mass is 10.1. The summed E-state index contributed by atoms with van der Waals surface area (Å²) in [6.07, 6.45) is 7.51. The van der Waals surface area contributed by atoms with Crippen LogP contribution in [0.1, 0.15) is 95.1 Å². The van der Waals surface area contributed by atoms with Gasteiger partial charge in [-0.15, -0.1) is 24.8 Å². The van der Waals surface area contributed by atoms with Crippen LogP contribution in [0.2, 0.25) is 0 Å². The van der Waals surface area contributed by atoms with E-state index in [2.05, 4.69) is 147 Å². The first-order valence-corrected chi connectivity index (χ1v) is 43.3. The number of likely N-dealkylation sites (N-methyl/N-ethyl adjacent to an activating group) is 1. The molecule has 0 saturated heterocycles. The van der Waals surface area contributed by atoms with Crippen molar-refractivity contribution in [2.75, 3.05) is 81.2 Å². The molecular weight excluding hydrogens is 1790 g/mol. The van der Waals surface area contributed by atoms with Crippen LogP contribution in [-0.2, 0) is 72.5 Å². The monoisotopic (exact) mass is 1890 g/mol. The Morgan fingerprint density at radius 2 is 0.778 bits per heavy atom. The molecular formula is C93H97Cl2F8N31O. The smallest absolute Gasteiger partial charge is 0.229 e. The molecule has 4 aromatic carbocycles. The molecule has 4 aliphatic heterocycles. The minimum Gasteiger partial charge on any atom is -0.409 e. The van der Waals surface area contributed by atoms with E-state index in [0.29, 0.717) is 123 Å². The van der Waals surface area contributed by atoms with Crippen LogP contribution in [0.15, 0.2) is 127 Å². The number of imidazole rings is 4. The van der Waals surface area contributed by atoms with Crippen LogP contribution in [0.4, 0.5) is 82.2 Å². The van der Waals surface area contributed by atoms with Crippen LogP contribution in [0.25, 0.3) is 89.2 Å². The second-order valence-corrected chi connectivity index (χ2v) is 33.3. The van der Waals surface area contributed by atoms with E-state index in [4.69, 9.17) is 15.9 Å². The van der Waals surface area contributed by atoms with Crippen molar-refractivity contribution in [3.05, 3.63) is 237 Å². The van der Waals surface area contributed by atoms with Gasteiger partial charge in [-0.3, -0.25) is 9.80 Å². The average Bonchev–Trinajstić information content (AvgIpc) is 1.63. The molecule has 42 heteroatoms. The summed E-state index contributed by atoms with van der Waals surface area (Å²) in [4.78, 5) is 75.8. The first kappa shape index (κ1) is 95.6. The Hall–Kier alpha value is -14.0. The van der Waals surface area contributed by atoms with Crippen LogP contribution in [0, 0.1) is 74.2 Å². The summed E-state index contributed by atoms with van der Waals surface area (Å²) in [5, 5.41) is 30.6. The highest BCUT2D eigenvalue weighted by Crippen LogP contribution is 2.37. The highest BCUT2D eigenvalue weighted by molar-refractivity contribution is 5.88. The van der Waals surface area contributed by atoms with Crippen LogP contribution in [0.3, 0.4) is 0 Å². The van der Waals surface area contributed by atoms with Crippen molar-refractivity contribution in [3.63, 3.8) is 0 Å². The minimum atomic E-state index is -0.666. The lowest BCUT2D eigenvalue weighted by Crippen LogP contribution is -2.38. The van der Waals surface area contributed by atoms with E-state index < -0.39 is 46.5 Å². The fourth-order valence-corrected chi connectivity index (χ4v) is 16.7. The highest BCUT2D eigenvalue weighted by Gasteiger charge is 2.27. The molecule has 16 heterocycles. The molecule has 0 unspecified atom stereocenters. The number of anilines is 8. The third kappa shape index (κ3) is 20.9. The molecule has 12 aromatic heterocycles. The molecule has 0 aliphatic carbocycles. The standard InChI is InChI=1S/C25H27F2N9O.C25H28F2N8.C22H21F2N7.C21H19F2N7.2ClH/c1-13(2)36-14(3)30-24-17(26)8-16(9-20(24)36)23-18(27)10-29-25(33-23)32-22-5-4-15-11-35(12-21(28)34-37)7-6-19(15)31-22;1-15-29-24-18(26)11-17(12-21(24)34(15)4)23-19(27)13-28-25(32-23)31-22-6-5-16-14-35(10-9-33(2)3)8-7-20(16)30-22;1-3-31-12(2)27-21-15(23)8-14(9-18(21)31)20-16(24)11-26-22(30-20)29-19-5-4-13-10-25-7-6-17(13)28-19;1-11-26-20-14(22)7-13(8-17(20)30(11)2)19-15(23)10-25-21(29-19)28-18-4-3-12-9-24-6-5-16(12)27-18;;/h4-5,8-10,13,37H,6-7,11-12H2,1-3H3,(H2,28,34)(H,29,31,32,33);5-6,11-13H,7-10,14H2,1-4H3,(H,28,30,31,32);4-5,8-9,11,25H,3,6-7,10H2,1-2H3,(H,26,28,29,30);3-4,7-8,10,24H,5-6,9H2,1-2H3,(H,25,27,28,29);2*1H. The number of nitrogens with one attached hydrogen (secondary N) is 6. The van der Waals surface area contributed by atoms with E-state index in [1.54, 1.807) is 67.4 Å². The Labute approximate surface area is 782 Å². The van der Waals surface area contributed by atoms with Crippen molar-refractivity contribution in [3.8, 4) is 45.0 Å². The summed E-state index contributed by atoms with van der Waals surface area (Å²) in [5.41, 5.74) is 18.7. The van der Waals surface area contributed by atoms with Gasteiger partial charge in [-0.05, 0) is 158 Å². The minimum absolute atomic E-state index is 0. The van der Waals surface area contributed by atoms with Gasteiger partial charge in [0.05, 0.1) is 53.4 Å². The largest absolute Gasteiger partial charge is 0.409 e. The molecule has 0 fully saturated rings. The highest BCUT2D eigenvalue weighted by atomic mass is 35.5. The van der Waals surface area contributed by atoms with Crippen molar-refractivity contribution in [2.24, 2.45) is 25.0 Å². The molecule has 9 N–H and O–H groups in total. The quantitative estimate of drug-likeness (QED) is 0.0123. The number of hydrogen-bond acceptors (Lipinski definition) is 27. The van der Waals surface area contributed by atoms with Gasteiger partial charge in [0.25, 0.3) is 0 Å². The van der Waals surface area contributed by atoms with Gasteiger partial charge in [-0.2, -0.15) is 0 Å². The van der Waals surface area contributed by atoms with Crippen LogP contribution >= 0.6 is 24.8 Å². The molecule has 4 aliphatic rings. The number of benzene rings is 4. The molecule has 0 amide bonds. The van der Waals surface area contributed by atoms with Gasteiger partial charge in [-0.1, -0.05) is 29.4 Å². The zero-order valence-corrected chi connectivity index (χ0v) is 77.2. The van der Waals surface area contributed by atoms with Gasteiger partial charge >= 0.3 is 0 Å². The first-order valence-electron chi connectivity index (χ1n) is 43.3. The second kappa shape index (κ2) is 40.8. The van der Waals surface area contributed by atoms with Gasteiger partial charge in [0.15, 0.2) is 52.4 Å². The maximum absolute atomic E-state index is 14.9. The van der Waals surface area contributed by atoms with E-state index in [1.807, 2.05) is 80.2 Å². The summed E-state index contributed by atoms with van der Waals surface area (Å²) < 4.78 is 125. The van der Waals surface area contributed by atoms with Crippen molar-refractivity contribution in [1.82, 2.24) is 123 Å². The Balaban J connectivity index is 0.000000137. The molecule has 32 nitrogen and oxygen atoms in total. The first-order chi connectivity index (χ1) is 64.0. The van der Waals surface area contributed by atoms with E-state index in [-0.39, 0.29) is 105 Å². The number of rotatable bonds is 19. The Kier molecular flexibility index (Phi) is 28.9. The number of nitrogens with zero attached hydrogens (tertiary/aromatic N) is 24. The Bertz CT molecular complexity index is 7190. The summed E-state index contributed by atoms with van der Waals surface area (Å²) in [7, 11) is 7.73.